The van der Waals surface area contributed by atoms with Crippen molar-refractivity contribution < 1.29 is 30.9 Å². The van der Waals surface area contributed by atoms with Crippen molar-refractivity contribution in [3.63, 3.8) is 0 Å². The van der Waals surface area contributed by atoms with Crippen LogP contribution in [0.25, 0.3) is 16.9 Å². The van der Waals surface area contributed by atoms with Crippen LogP contribution in [0.2, 0.25) is 0 Å². The van der Waals surface area contributed by atoms with E-state index in [9.17, 15) is 22.0 Å². The Balaban J connectivity index is 1.42. The molecular weight excluding hydrogens is 546 g/mol. The molecule has 2 aromatic carbocycles. The van der Waals surface area contributed by atoms with Gasteiger partial charge in [-0.05, 0) is 49.1 Å². The first-order valence-electron chi connectivity index (χ1n) is 12.3. The molecule has 3 N–H and O–H groups in total. The summed E-state index contributed by atoms with van der Waals surface area (Å²) in [7, 11) is -2.62. The summed E-state index contributed by atoms with van der Waals surface area (Å²) < 4.78 is 63.0. The summed E-state index contributed by atoms with van der Waals surface area (Å²) in [6.45, 7) is 1.02. The van der Waals surface area contributed by atoms with Crippen molar-refractivity contribution in [1.29, 1.82) is 0 Å². The lowest BCUT2D eigenvalue weighted by atomic mass is 9.97. The zero-order chi connectivity index (χ0) is 28.4. The van der Waals surface area contributed by atoms with Crippen LogP contribution in [0.4, 0.5) is 20.2 Å². The van der Waals surface area contributed by atoms with Crippen LogP contribution in [-0.4, -0.2) is 55.5 Å². The smallest absolute Gasteiger partial charge is 0.333 e. The molecule has 4 aromatic rings. The maximum atomic E-state index is 14.9. The lowest BCUT2D eigenvalue weighted by Crippen LogP contribution is -2.36. The molecule has 11 nitrogen and oxygen atoms in total. The molecule has 1 aliphatic heterocycles. The number of piperidine rings is 1. The van der Waals surface area contributed by atoms with Crippen LogP contribution in [0.1, 0.15) is 23.3 Å². The Labute approximate surface area is 228 Å². The summed E-state index contributed by atoms with van der Waals surface area (Å²) in [5.41, 5.74) is 1.23. The van der Waals surface area contributed by atoms with Gasteiger partial charge in [0.15, 0.2) is 5.65 Å². The van der Waals surface area contributed by atoms with Crippen molar-refractivity contribution in [3.05, 3.63) is 72.3 Å². The molecular formula is C26H26F2N6O5S. The quantitative estimate of drug-likeness (QED) is 0.327. The van der Waals surface area contributed by atoms with E-state index in [-0.39, 0.29) is 40.9 Å². The zero-order valence-corrected chi connectivity index (χ0v) is 22.2. The number of carbonyl (C=O) groups is 1. The predicted octanol–water partition coefficient (Wildman–Crippen LogP) is 3.37. The van der Waals surface area contributed by atoms with Crippen LogP contribution in [0.15, 0.2) is 55.0 Å². The van der Waals surface area contributed by atoms with Crippen LogP contribution in [0.3, 0.4) is 0 Å². The topological polar surface area (TPSA) is 141 Å². The first kappa shape index (κ1) is 27.4. The van der Waals surface area contributed by atoms with Gasteiger partial charge in [-0.3, -0.25) is 8.98 Å². The van der Waals surface area contributed by atoms with Gasteiger partial charge in [-0.15, -0.1) is 0 Å². The number of nitrogens with two attached hydrogens (primary N) is 1. The van der Waals surface area contributed by atoms with E-state index in [4.69, 9.17) is 14.1 Å². The van der Waals surface area contributed by atoms with Gasteiger partial charge in [-0.2, -0.15) is 8.42 Å². The monoisotopic (exact) mass is 572 g/mol. The molecule has 0 atom stereocenters. The number of imidazole rings is 1. The highest BCUT2D eigenvalue weighted by Crippen LogP contribution is 2.34. The summed E-state index contributed by atoms with van der Waals surface area (Å²) in [5.74, 6) is -1.59. The number of fused-ring (bicyclic) bond motifs is 1. The Bertz CT molecular complexity index is 1670. The highest BCUT2D eigenvalue weighted by Gasteiger charge is 2.25. The summed E-state index contributed by atoms with van der Waals surface area (Å²) in [6.07, 6.45) is 5.75. The lowest BCUT2D eigenvalue weighted by molar-refractivity contribution is 0.102. The Hall–Kier alpha value is -4.14. The highest BCUT2D eigenvalue weighted by molar-refractivity contribution is 7.84. The Morgan fingerprint density at radius 3 is 2.70 bits per heavy atom. The van der Waals surface area contributed by atoms with Crippen LogP contribution >= 0.6 is 0 Å². The summed E-state index contributed by atoms with van der Waals surface area (Å²) in [4.78, 5) is 24.1. The van der Waals surface area contributed by atoms with Crippen LogP contribution < -0.4 is 20.1 Å². The number of hydrogen-bond donors (Lipinski definition) is 2. The molecule has 1 fully saturated rings. The molecule has 3 heterocycles. The minimum Gasteiger partial charge on any atom is -0.496 e. The Morgan fingerprint density at radius 1 is 1.20 bits per heavy atom. The number of halogens is 2. The van der Waals surface area contributed by atoms with Gasteiger partial charge in [0, 0.05) is 31.7 Å². The van der Waals surface area contributed by atoms with Gasteiger partial charge in [0.2, 0.25) is 0 Å². The van der Waals surface area contributed by atoms with E-state index in [2.05, 4.69) is 15.3 Å². The van der Waals surface area contributed by atoms with E-state index >= 15 is 0 Å². The predicted molar refractivity (Wildman–Crippen MR) is 143 cm³/mol. The number of nitrogens with zero attached hydrogens (tertiary/aromatic N) is 4. The summed E-state index contributed by atoms with van der Waals surface area (Å²) in [5, 5.41) is 7.65. The Kier molecular flexibility index (Phi) is 7.65. The fourth-order valence-electron chi connectivity index (χ4n) is 4.72. The number of nitrogens with one attached hydrogen (secondary N) is 1. The second-order valence-electron chi connectivity index (χ2n) is 9.27. The molecule has 1 saturated heterocycles. The molecule has 0 saturated carbocycles. The minimum atomic E-state index is -4.02. The van der Waals surface area contributed by atoms with Crippen molar-refractivity contribution in [1.82, 2.24) is 14.4 Å². The molecule has 14 heteroatoms. The number of rotatable bonds is 8. The van der Waals surface area contributed by atoms with Gasteiger partial charge in [0.05, 0.1) is 30.7 Å². The van der Waals surface area contributed by atoms with Crippen LogP contribution in [0, 0.1) is 17.6 Å². The van der Waals surface area contributed by atoms with Crippen molar-refractivity contribution in [3.8, 4) is 17.0 Å². The molecule has 2 aromatic heterocycles. The molecule has 1 amide bonds. The number of carbonyl (C=O) groups excluding carboxylic acids is 1. The van der Waals surface area contributed by atoms with Gasteiger partial charge in [-0.1, -0.05) is 6.07 Å². The lowest BCUT2D eigenvalue weighted by Gasteiger charge is -2.34. The molecule has 5 rings (SSSR count). The number of anilines is 2. The van der Waals surface area contributed by atoms with Gasteiger partial charge in [0.1, 0.15) is 28.8 Å². The number of aromatic nitrogens is 3. The van der Waals surface area contributed by atoms with E-state index in [1.54, 1.807) is 22.7 Å². The van der Waals surface area contributed by atoms with Crippen LogP contribution in [0.5, 0.6) is 5.75 Å². The van der Waals surface area contributed by atoms with Gasteiger partial charge in [0.25, 0.3) is 5.91 Å². The fraction of sp³-hybridized carbons (Fsp3) is 0.269. The number of benzene rings is 2. The molecule has 210 valence electrons. The molecule has 0 spiro atoms. The molecule has 0 unspecified atom stereocenters. The van der Waals surface area contributed by atoms with E-state index in [0.717, 1.165) is 0 Å². The first-order valence-corrected chi connectivity index (χ1v) is 13.8. The molecule has 40 heavy (non-hydrogen) atoms. The average molecular weight is 573 g/mol. The fourth-order valence-corrected chi connectivity index (χ4v) is 5.10. The normalized spacial score (nSPS) is 14.4. The summed E-state index contributed by atoms with van der Waals surface area (Å²) >= 11 is 0. The molecule has 0 bridgehead atoms. The second-order valence-corrected chi connectivity index (χ2v) is 10.5. The van der Waals surface area contributed by atoms with Crippen LogP contribution in [-0.2, 0) is 14.5 Å². The van der Waals surface area contributed by atoms with E-state index < -0.39 is 27.8 Å². The van der Waals surface area contributed by atoms with Gasteiger partial charge < -0.3 is 19.4 Å². The number of methoxy groups -OCH3 is 1. The minimum absolute atomic E-state index is 0.0167. The molecule has 0 aliphatic carbocycles. The largest absolute Gasteiger partial charge is 0.496 e. The van der Waals surface area contributed by atoms with E-state index in [1.807, 2.05) is 4.90 Å². The third-order valence-electron chi connectivity index (χ3n) is 6.67. The van der Waals surface area contributed by atoms with Gasteiger partial charge in [-0.25, -0.2) is 23.9 Å². The third-order valence-corrected chi connectivity index (χ3v) is 7.13. The maximum Gasteiger partial charge on any atom is 0.333 e. The van der Waals surface area contributed by atoms with Crippen molar-refractivity contribution in [2.24, 2.45) is 11.1 Å². The maximum absolute atomic E-state index is 14.9. The van der Waals surface area contributed by atoms with Crippen molar-refractivity contribution >= 4 is 33.2 Å². The molecule has 1 aliphatic rings. The van der Waals surface area contributed by atoms with Gasteiger partial charge >= 0.3 is 10.3 Å². The Morgan fingerprint density at radius 2 is 1.98 bits per heavy atom. The van der Waals surface area contributed by atoms with Crippen molar-refractivity contribution in [2.75, 3.05) is 37.0 Å². The summed E-state index contributed by atoms with van der Waals surface area (Å²) in [6, 6.07) is 8.40. The number of amides is 1. The number of hydrogen-bond acceptors (Lipinski definition) is 8. The molecule has 0 radical (unpaired) electrons. The zero-order valence-electron chi connectivity index (χ0n) is 21.4. The number of ether oxygens (including phenoxy) is 1. The first-order chi connectivity index (χ1) is 19.1. The third kappa shape index (κ3) is 5.88. The van der Waals surface area contributed by atoms with E-state index in [0.29, 0.717) is 37.3 Å². The average Bonchev–Trinajstić information content (AvgIpc) is 3.40. The SMILES string of the molecule is COc1cccc(F)c1-c1nc(C(=O)Nc2cc(F)ccc2N2CCC(COS(N)(=O)=O)CC2)cn2ccnc12. The second kappa shape index (κ2) is 11.2. The van der Waals surface area contributed by atoms with Crippen molar-refractivity contribution in [2.45, 2.75) is 12.8 Å². The highest BCUT2D eigenvalue weighted by atomic mass is 32.2. The standard InChI is InChI=1S/C26H26F2N6O5S/c1-38-22-4-2-3-18(28)23(22)24-25-30-9-12-34(25)14-20(31-24)26(35)32-19-13-17(27)5-6-21(19)33-10-7-16(8-11-33)15-39-40(29,36)37/h2-6,9,12-14,16H,7-8,10-11,15H2,1H3,(H,32,35)(H2,29,36,37). The van der Waals surface area contributed by atoms with E-state index in [1.165, 1.54) is 43.8 Å².